The lowest BCUT2D eigenvalue weighted by molar-refractivity contribution is -0.0395. The van der Waals surface area contributed by atoms with E-state index in [1.54, 1.807) is 0 Å². The molecule has 5 nitrogen and oxygen atoms in total. The van der Waals surface area contributed by atoms with E-state index in [0.717, 1.165) is 0 Å². The van der Waals surface area contributed by atoms with Crippen molar-refractivity contribution in [2.45, 2.75) is 24.4 Å². The van der Waals surface area contributed by atoms with Gasteiger partial charge in [-0.2, -0.15) is 0 Å². The van der Waals surface area contributed by atoms with Crippen LogP contribution in [0.15, 0.2) is 0 Å². The molecule has 1 fully saturated rings. The zero-order valence-corrected chi connectivity index (χ0v) is 5.92. The Labute approximate surface area is 63.8 Å². The molecule has 1 aliphatic rings. The van der Waals surface area contributed by atoms with Gasteiger partial charge in [-0.05, 0) is 0 Å². The highest BCUT2D eigenvalue weighted by Gasteiger charge is 2.41. The van der Waals surface area contributed by atoms with E-state index >= 15 is 0 Å². The van der Waals surface area contributed by atoms with Gasteiger partial charge in [0.25, 0.3) is 0 Å². The Balaban J connectivity index is 2.53. The van der Waals surface area contributed by atoms with E-state index in [1.807, 2.05) is 0 Å². The summed E-state index contributed by atoms with van der Waals surface area (Å²) in [6, 6.07) is 0. The summed E-state index contributed by atoms with van der Waals surface area (Å²) in [5, 5.41) is 35.4. The third kappa shape index (κ3) is 1.52. The quantitative estimate of drug-likeness (QED) is 0.361. The van der Waals surface area contributed by atoms with Crippen molar-refractivity contribution in [2.24, 2.45) is 0 Å². The summed E-state index contributed by atoms with van der Waals surface area (Å²) in [5.41, 5.74) is 0. The van der Waals surface area contributed by atoms with Crippen LogP contribution in [0, 0.1) is 0 Å². The average molecular weight is 164 g/mol. The molecule has 0 aromatic carbocycles. The maximum absolute atomic E-state index is 9.11. The Morgan fingerprint density at radius 1 is 0.909 bits per heavy atom. The fourth-order valence-corrected chi connectivity index (χ4v) is 1.13. The highest BCUT2D eigenvalue weighted by atomic mass is 16.6. The van der Waals surface area contributed by atoms with Crippen molar-refractivity contribution < 1.29 is 25.2 Å². The van der Waals surface area contributed by atoms with Crippen molar-refractivity contribution in [2.75, 3.05) is 13.2 Å². The highest BCUT2D eigenvalue weighted by molar-refractivity contribution is 4.89. The van der Waals surface area contributed by atoms with E-state index in [2.05, 4.69) is 0 Å². The molecule has 11 heavy (non-hydrogen) atoms. The summed E-state index contributed by atoms with van der Waals surface area (Å²) in [6.07, 6.45) is -3.75. The number of rotatable bonds is 2. The van der Waals surface area contributed by atoms with Gasteiger partial charge in [0.05, 0.1) is 13.2 Å². The van der Waals surface area contributed by atoms with Gasteiger partial charge in [-0.25, -0.2) is 0 Å². The van der Waals surface area contributed by atoms with Crippen LogP contribution in [0.4, 0.5) is 0 Å². The highest BCUT2D eigenvalue weighted by Crippen LogP contribution is 2.20. The van der Waals surface area contributed by atoms with Gasteiger partial charge in [0.2, 0.25) is 0 Å². The first-order valence-corrected chi connectivity index (χ1v) is 3.44. The number of aliphatic hydroxyl groups excluding tert-OH is 4. The third-order valence-electron chi connectivity index (χ3n) is 1.82. The fourth-order valence-electron chi connectivity index (χ4n) is 1.13. The molecule has 4 atom stereocenters. The van der Waals surface area contributed by atoms with Crippen molar-refractivity contribution >= 4 is 0 Å². The van der Waals surface area contributed by atoms with Crippen LogP contribution in [-0.2, 0) is 4.74 Å². The maximum atomic E-state index is 9.11. The number of hydrogen-bond acceptors (Lipinski definition) is 5. The zero-order valence-electron chi connectivity index (χ0n) is 5.92. The Hall–Kier alpha value is -0.200. The lowest BCUT2D eigenvalue weighted by atomic mass is 10.1. The van der Waals surface area contributed by atoms with Gasteiger partial charge < -0.3 is 25.2 Å². The van der Waals surface area contributed by atoms with Gasteiger partial charge in [0, 0.05) is 0 Å². The molecule has 5 heteroatoms. The Morgan fingerprint density at radius 2 is 1.27 bits per heavy atom. The standard InChI is InChI=1S/C6H12O5/c7-1-3-5(9)6(10)4(2-8)11-3/h3-10H,1-2H2/t3-,4-,5+,6+/m1/s1. The van der Waals surface area contributed by atoms with Crippen LogP contribution in [0.25, 0.3) is 0 Å². The smallest absolute Gasteiger partial charge is 0.111 e. The van der Waals surface area contributed by atoms with Crippen molar-refractivity contribution in [3.8, 4) is 0 Å². The molecule has 1 saturated heterocycles. The second kappa shape index (κ2) is 3.46. The Bertz CT molecular complexity index is 110. The van der Waals surface area contributed by atoms with Gasteiger partial charge in [-0.1, -0.05) is 0 Å². The Kier molecular flexibility index (Phi) is 2.80. The van der Waals surface area contributed by atoms with Crippen molar-refractivity contribution in [1.82, 2.24) is 0 Å². The molecule has 0 aromatic heterocycles. The summed E-state index contributed by atoms with van der Waals surface area (Å²) in [5.74, 6) is 0. The van der Waals surface area contributed by atoms with Crippen LogP contribution in [-0.4, -0.2) is 58.1 Å². The average Bonchev–Trinajstić information content (AvgIpc) is 2.30. The molecule has 0 bridgehead atoms. The van der Waals surface area contributed by atoms with Crippen LogP contribution >= 0.6 is 0 Å². The molecular formula is C6H12O5. The molecular weight excluding hydrogens is 152 g/mol. The molecule has 0 radical (unpaired) electrons. The van der Waals surface area contributed by atoms with E-state index in [9.17, 15) is 0 Å². The monoisotopic (exact) mass is 164 g/mol. The number of aliphatic hydroxyl groups is 4. The minimum Gasteiger partial charge on any atom is -0.394 e. The van der Waals surface area contributed by atoms with Gasteiger partial charge in [-0.15, -0.1) is 0 Å². The van der Waals surface area contributed by atoms with E-state index in [-0.39, 0.29) is 13.2 Å². The van der Waals surface area contributed by atoms with Gasteiger partial charge in [0.15, 0.2) is 0 Å². The third-order valence-corrected chi connectivity index (χ3v) is 1.82. The van der Waals surface area contributed by atoms with Crippen molar-refractivity contribution in [3.05, 3.63) is 0 Å². The fraction of sp³-hybridized carbons (Fsp3) is 1.00. The van der Waals surface area contributed by atoms with E-state index in [1.165, 1.54) is 0 Å². The molecule has 0 aromatic rings. The first kappa shape index (κ1) is 8.89. The summed E-state index contributed by atoms with van der Waals surface area (Å²) in [6.45, 7) is -0.705. The SMILES string of the molecule is OC[C@H]1O[C@H](CO)[C@H](O)[C@H]1O. The van der Waals surface area contributed by atoms with E-state index in [0.29, 0.717) is 0 Å². The predicted molar refractivity (Wildman–Crippen MR) is 34.8 cm³/mol. The van der Waals surface area contributed by atoms with Crippen molar-refractivity contribution in [3.63, 3.8) is 0 Å². The molecule has 0 spiro atoms. The van der Waals surface area contributed by atoms with Gasteiger partial charge in [-0.3, -0.25) is 0 Å². The molecule has 0 amide bonds. The zero-order chi connectivity index (χ0) is 8.43. The molecule has 66 valence electrons. The lowest BCUT2D eigenvalue weighted by Crippen LogP contribution is -2.34. The molecule has 1 heterocycles. The van der Waals surface area contributed by atoms with E-state index in [4.69, 9.17) is 25.2 Å². The summed E-state index contributed by atoms with van der Waals surface area (Å²) in [7, 11) is 0. The largest absolute Gasteiger partial charge is 0.394 e. The predicted octanol–water partition coefficient (Wildman–Crippen LogP) is -2.54. The van der Waals surface area contributed by atoms with Crippen LogP contribution in [0.5, 0.6) is 0 Å². The van der Waals surface area contributed by atoms with Crippen LogP contribution in [0.1, 0.15) is 0 Å². The number of ether oxygens (including phenoxy) is 1. The molecule has 4 N–H and O–H groups in total. The second-order valence-electron chi connectivity index (χ2n) is 2.56. The molecule has 0 aliphatic carbocycles. The topological polar surface area (TPSA) is 90.2 Å². The lowest BCUT2D eigenvalue weighted by Gasteiger charge is -2.10. The van der Waals surface area contributed by atoms with E-state index < -0.39 is 24.4 Å². The number of hydrogen-bond donors (Lipinski definition) is 4. The molecule has 1 rings (SSSR count). The minimum atomic E-state index is -1.10. The summed E-state index contributed by atoms with van der Waals surface area (Å²) < 4.78 is 4.88. The van der Waals surface area contributed by atoms with Crippen LogP contribution in [0.3, 0.4) is 0 Å². The first-order chi connectivity index (χ1) is 5.20. The summed E-state index contributed by atoms with van der Waals surface area (Å²) in [4.78, 5) is 0. The first-order valence-electron chi connectivity index (χ1n) is 3.44. The van der Waals surface area contributed by atoms with Gasteiger partial charge in [0.1, 0.15) is 24.4 Å². The normalized spacial score (nSPS) is 44.7. The molecule has 0 unspecified atom stereocenters. The van der Waals surface area contributed by atoms with Crippen molar-refractivity contribution in [1.29, 1.82) is 0 Å². The van der Waals surface area contributed by atoms with Crippen LogP contribution in [0.2, 0.25) is 0 Å². The second-order valence-corrected chi connectivity index (χ2v) is 2.56. The Morgan fingerprint density at radius 3 is 1.45 bits per heavy atom. The maximum Gasteiger partial charge on any atom is 0.111 e. The van der Waals surface area contributed by atoms with Gasteiger partial charge >= 0.3 is 0 Å². The molecule has 1 aliphatic heterocycles. The molecule has 0 saturated carbocycles. The summed E-state index contributed by atoms with van der Waals surface area (Å²) >= 11 is 0. The van der Waals surface area contributed by atoms with Crippen LogP contribution < -0.4 is 0 Å². The minimum absolute atomic E-state index is 0.352.